The van der Waals surface area contributed by atoms with Crippen LogP contribution < -0.4 is 5.32 Å². The molecule has 0 aliphatic heterocycles. The molecule has 0 heterocycles. The van der Waals surface area contributed by atoms with Crippen LogP contribution in [0.15, 0.2) is 4.99 Å². The quantitative estimate of drug-likeness (QED) is 0.327. The van der Waals surface area contributed by atoms with Crippen molar-refractivity contribution in [2.75, 3.05) is 6.54 Å². The Morgan fingerprint density at radius 2 is 2.33 bits per heavy atom. The van der Waals surface area contributed by atoms with Crippen LogP contribution in [-0.4, -0.2) is 17.7 Å². The van der Waals surface area contributed by atoms with Gasteiger partial charge in [0.15, 0.2) is 5.29 Å². The third-order valence-electron chi connectivity index (χ3n) is 0.686. The van der Waals surface area contributed by atoms with Gasteiger partial charge in [-0.2, -0.15) is 0 Å². The number of aliphatic imine (C=N–C) groups is 1. The molecule has 0 spiro atoms. The molecule has 0 atom stereocenters. The van der Waals surface area contributed by atoms with E-state index < -0.39 is 0 Å². The maximum Gasteiger partial charge on any atom is 0.193 e. The monoisotopic (exact) mass is 147 g/mol. The van der Waals surface area contributed by atoms with E-state index in [1.807, 2.05) is 6.92 Å². The second kappa shape index (κ2) is 4.32. The number of rotatable bonds is 1. The Balaban J connectivity index is 3.62. The molecule has 0 aromatic heterocycles. The molecule has 0 fully saturated rings. The van der Waals surface area contributed by atoms with Gasteiger partial charge in [0.05, 0.1) is 5.84 Å². The molecule has 4 heteroatoms. The second-order valence-electron chi connectivity index (χ2n) is 1.50. The summed E-state index contributed by atoms with van der Waals surface area (Å²) in [4.78, 5) is 3.94. The molecule has 0 aromatic rings. The molecule has 9 heavy (non-hydrogen) atoms. The zero-order chi connectivity index (χ0) is 7.28. The van der Waals surface area contributed by atoms with Crippen molar-refractivity contribution in [2.45, 2.75) is 13.8 Å². The van der Waals surface area contributed by atoms with E-state index in [-0.39, 0.29) is 5.29 Å². The lowest BCUT2D eigenvalue weighted by Gasteiger charge is -1.98. The highest BCUT2D eigenvalue weighted by Crippen LogP contribution is 1.76. The molecular formula is C5H10ClN3. The summed E-state index contributed by atoms with van der Waals surface area (Å²) in [7, 11) is 0. The molecule has 0 amide bonds. The predicted octanol–water partition coefficient (Wildman–Crippen LogP) is 1.19. The molecule has 0 aromatic carbocycles. The summed E-state index contributed by atoms with van der Waals surface area (Å²) in [5.74, 6) is 0.678. The van der Waals surface area contributed by atoms with Gasteiger partial charge < -0.3 is 5.32 Å². The predicted molar refractivity (Wildman–Crippen MR) is 40.4 cm³/mol. The maximum absolute atomic E-state index is 6.78. The van der Waals surface area contributed by atoms with Crippen molar-refractivity contribution >= 4 is 22.7 Å². The fraction of sp³-hybridized carbons (Fsp3) is 0.600. The van der Waals surface area contributed by atoms with E-state index in [9.17, 15) is 0 Å². The van der Waals surface area contributed by atoms with Gasteiger partial charge in [0.25, 0.3) is 0 Å². The number of hydrogen-bond donors (Lipinski definition) is 2. The van der Waals surface area contributed by atoms with Gasteiger partial charge in [-0.25, -0.2) is 0 Å². The molecule has 0 unspecified atom stereocenters. The number of halogens is 1. The van der Waals surface area contributed by atoms with Crippen LogP contribution in [0.4, 0.5) is 0 Å². The molecule has 0 rings (SSSR count). The van der Waals surface area contributed by atoms with E-state index in [0.717, 1.165) is 0 Å². The highest BCUT2D eigenvalue weighted by molar-refractivity contribution is 6.65. The van der Waals surface area contributed by atoms with Gasteiger partial charge in [0, 0.05) is 6.54 Å². The largest absolute Gasteiger partial charge is 0.320 e. The first-order chi connectivity index (χ1) is 4.16. The Kier molecular flexibility index (Phi) is 4.05. The Morgan fingerprint density at radius 3 is 2.67 bits per heavy atom. The molecule has 2 N–H and O–H groups in total. The summed E-state index contributed by atoms with van der Waals surface area (Å²) < 4.78 is 0. The standard InChI is InChI=1S/C5H10ClN3/c1-3-8-4(2)9-5(6)7/h3H2,1-2H3,(H2,7,8,9). The van der Waals surface area contributed by atoms with Crippen molar-refractivity contribution in [1.82, 2.24) is 5.32 Å². The van der Waals surface area contributed by atoms with Crippen LogP contribution >= 0.6 is 11.6 Å². The van der Waals surface area contributed by atoms with Crippen LogP contribution in [0.5, 0.6) is 0 Å². The molecular weight excluding hydrogens is 138 g/mol. The van der Waals surface area contributed by atoms with Crippen LogP contribution in [0, 0.1) is 5.41 Å². The average Bonchev–Trinajstić information content (AvgIpc) is 1.63. The topological polar surface area (TPSA) is 48.2 Å². The van der Waals surface area contributed by atoms with E-state index in [1.54, 1.807) is 6.92 Å². The molecule has 0 saturated heterocycles. The van der Waals surface area contributed by atoms with E-state index >= 15 is 0 Å². The Morgan fingerprint density at radius 1 is 1.78 bits per heavy atom. The fourth-order valence-electron chi connectivity index (χ4n) is 0.436. The maximum atomic E-state index is 6.78. The van der Waals surface area contributed by atoms with Crippen molar-refractivity contribution in [3.63, 3.8) is 0 Å². The third kappa shape index (κ3) is 5.30. The van der Waals surface area contributed by atoms with E-state index in [4.69, 9.17) is 17.0 Å². The van der Waals surface area contributed by atoms with Crippen molar-refractivity contribution in [3.05, 3.63) is 0 Å². The zero-order valence-electron chi connectivity index (χ0n) is 5.53. The Labute approximate surface area is 59.6 Å². The van der Waals surface area contributed by atoms with E-state index in [0.29, 0.717) is 12.4 Å². The summed E-state index contributed by atoms with van der Waals surface area (Å²) in [5, 5.41) is 9.23. The normalized spacial score (nSPS) is 11.2. The molecule has 0 radical (unpaired) electrons. The van der Waals surface area contributed by atoms with Gasteiger partial charge in [-0.1, -0.05) is 0 Å². The van der Waals surface area contributed by atoms with Crippen LogP contribution in [0.1, 0.15) is 13.8 Å². The van der Waals surface area contributed by atoms with Crippen molar-refractivity contribution in [2.24, 2.45) is 4.99 Å². The number of nitrogens with zero attached hydrogens (tertiary/aromatic N) is 1. The first kappa shape index (κ1) is 8.43. The smallest absolute Gasteiger partial charge is 0.193 e. The summed E-state index contributed by atoms with van der Waals surface area (Å²) in [6.07, 6.45) is 0. The minimum absolute atomic E-state index is 0.0929. The van der Waals surface area contributed by atoms with Gasteiger partial charge in [-0.3, -0.25) is 10.4 Å². The number of hydrogen-bond acceptors (Lipinski definition) is 2. The Bertz CT molecular complexity index is 130. The first-order valence-electron chi connectivity index (χ1n) is 2.69. The fourth-order valence-corrected chi connectivity index (χ4v) is 0.572. The average molecular weight is 148 g/mol. The van der Waals surface area contributed by atoms with Crippen LogP contribution in [0.3, 0.4) is 0 Å². The molecule has 3 nitrogen and oxygen atoms in total. The Hall–Kier alpha value is -0.570. The minimum atomic E-state index is -0.0929. The minimum Gasteiger partial charge on any atom is -0.320 e. The highest BCUT2D eigenvalue weighted by Gasteiger charge is 1.88. The third-order valence-corrected chi connectivity index (χ3v) is 0.780. The second-order valence-corrected chi connectivity index (χ2v) is 1.88. The molecule has 0 aliphatic rings. The van der Waals surface area contributed by atoms with Crippen molar-refractivity contribution < 1.29 is 0 Å². The van der Waals surface area contributed by atoms with Gasteiger partial charge >= 0.3 is 0 Å². The van der Waals surface area contributed by atoms with Gasteiger partial charge in [0.2, 0.25) is 0 Å². The first-order valence-corrected chi connectivity index (χ1v) is 3.06. The van der Waals surface area contributed by atoms with Crippen LogP contribution in [0.25, 0.3) is 0 Å². The lowest BCUT2D eigenvalue weighted by Crippen LogP contribution is -2.23. The SMILES string of the molecule is CCN=C(C)NC(=N)Cl. The number of amidine groups is 2. The molecule has 52 valence electrons. The van der Waals surface area contributed by atoms with E-state index in [2.05, 4.69) is 10.3 Å². The summed E-state index contributed by atoms with van der Waals surface area (Å²) in [6, 6.07) is 0. The molecule has 0 saturated carbocycles. The van der Waals surface area contributed by atoms with Crippen molar-refractivity contribution in [3.8, 4) is 0 Å². The van der Waals surface area contributed by atoms with Crippen molar-refractivity contribution in [1.29, 1.82) is 5.41 Å². The van der Waals surface area contributed by atoms with Crippen LogP contribution in [-0.2, 0) is 0 Å². The summed E-state index contributed by atoms with van der Waals surface area (Å²) in [5.41, 5.74) is 0. The molecule has 0 bridgehead atoms. The zero-order valence-corrected chi connectivity index (χ0v) is 6.29. The summed E-state index contributed by atoms with van der Waals surface area (Å²) in [6.45, 7) is 4.40. The molecule has 0 aliphatic carbocycles. The number of nitrogens with one attached hydrogen (secondary N) is 2. The van der Waals surface area contributed by atoms with Gasteiger partial charge in [-0.05, 0) is 25.4 Å². The van der Waals surface area contributed by atoms with Gasteiger partial charge in [-0.15, -0.1) is 0 Å². The van der Waals surface area contributed by atoms with E-state index in [1.165, 1.54) is 0 Å². The summed E-state index contributed by atoms with van der Waals surface area (Å²) >= 11 is 5.20. The van der Waals surface area contributed by atoms with Gasteiger partial charge in [0.1, 0.15) is 0 Å². The highest BCUT2D eigenvalue weighted by atomic mass is 35.5. The lowest BCUT2D eigenvalue weighted by atomic mass is 10.6. The lowest BCUT2D eigenvalue weighted by molar-refractivity contribution is 1.10. The van der Waals surface area contributed by atoms with Crippen LogP contribution in [0.2, 0.25) is 0 Å².